The van der Waals surface area contributed by atoms with Crippen LogP contribution in [0.4, 0.5) is 0 Å². The number of furan rings is 1. The molecule has 0 fully saturated rings. The van der Waals surface area contributed by atoms with Gasteiger partial charge >= 0.3 is 0 Å². The summed E-state index contributed by atoms with van der Waals surface area (Å²) in [5.41, 5.74) is 2.55. The van der Waals surface area contributed by atoms with Gasteiger partial charge < -0.3 is 9.15 Å². The summed E-state index contributed by atoms with van der Waals surface area (Å²) >= 11 is 0. The largest absolute Gasteiger partial charge is 0.495 e. The van der Waals surface area contributed by atoms with Crippen LogP contribution in [0.15, 0.2) is 59.2 Å². The number of carbonyl (C=O) groups is 1. The van der Waals surface area contributed by atoms with Crippen molar-refractivity contribution in [1.29, 1.82) is 0 Å². The Labute approximate surface area is 135 Å². The van der Waals surface area contributed by atoms with Crippen LogP contribution in [-0.2, 0) is 0 Å². The fraction of sp³-hybridized carbons (Fsp3) is 0.250. The molecule has 0 aliphatic heterocycles. The number of hydrogen-bond donors (Lipinski definition) is 0. The van der Waals surface area contributed by atoms with Gasteiger partial charge in [0.1, 0.15) is 11.3 Å². The van der Waals surface area contributed by atoms with Gasteiger partial charge in [0.15, 0.2) is 5.78 Å². The van der Waals surface area contributed by atoms with Gasteiger partial charge in [-0.1, -0.05) is 37.3 Å². The molecular weight excluding hydrogens is 288 g/mol. The average molecular weight is 308 g/mol. The molecular formula is C20H20O3. The summed E-state index contributed by atoms with van der Waals surface area (Å²) in [7, 11) is 1.59. The molecule has 3 aromatic rings. The van der Waals surface area contributed by atoms with Crippen molar-refractivity contribution < 1.29 is 13.9 Å². The number of methoxy groups -OCH3 is 1. The monoisotopic (exact) mass is 308 g/mol. The van der Waals surface area contributed by atoms with E-state index >= 15 is 0 Å². The van der Waals surface area contributed by atoms with E-state index in [-0.39, 0.29) is 11.7 Å². The lowest BCUT2D eigenvalue weighted by Gasteiger charge is -2.16. The lowest BCUT2D eigenvalue weighted by molar-refractivity contribution is 0.0970. The molecule has 1 aromatic heterocycles. The Bertz CT molecular complexity index is 802. The highest BCUT2D eigenvalue weighted by Gasteiger charge is 2.20. The number of benzene rings is 2. The summed E-state index contributed by atoms with van der Waals surface area (Å²) < 4.78 is 10.9. The first-order valence-electron chi connectivity index (χ1n) is 7.87. The number of Topliss-reactive ketones (excluding diaryl/α,β-unsaturated/α-hetero) is 1. The Morgan fingerprint density at radius 2 is 1.91 bits per heavy atom. The Morgan fingerprint density at radius 1 is 1.13 bits per heavy atom. The summed E-state index contributed by atoms with van der Waals surface area (Å²) in [6.45, 7) is 2.11. The molecule has 1 unspecified atom stereocenters. The number of fused-ring (bicyclic) bond motifs is 1. The van der Waals surface area contributed by atoms with Crippen LogP contribution in [0.2, 0.25) is 0 Å². The number of ketones is 1. The van der Waals surface area contributed by atoms with Crippen LogP contribution in [0.5, 0.6) is 5.75 Å². The predicted octanol–water partition coefficient (Wildman–Crippen LogP) is 5.21. The first-order chi connectivity index (χ1) is 11.2. The first-order valence-corrected chi connectivity index (χ1v) is 7.87. The zero-order valence-electron chi connectivity index (χ0n) is 13.4. The fourth-order valence-corrected chi connectivity index (χ4v) is 3.01. The molecule has 23 heavy (non-hydrogen) atoms. The van der Waals surface area contributed by atoms with Crippen molar-refractivity contribution in [2.24, 2.45) is 0 Å². The molecule has 0 spiro atoms. The van der Waals surface area contributed by atoms with Gasteiger partial charge in [0.05, 0.1) is 24.3 Å². The van der Waals surface area contributed by atoms with E-state index in [0.717, 1.165) is 17.4 Å². The van der Waals surface area contributed by atoms with E-state index in [2.05, 4.69) is 19.1 Å². The van der Waals surface area contributed by atoms with Crippen molar-refractivity contribution in [1.82, 2.24) is 0 Å². The maximum absolute atomic E-state index is 12.8. The Balaban J connectivity index is 1.91. The van der Waals surface area contributed by atoms with Crippen molar-refractivity contribution in [3.8, 4) is 5.75 Å². The molecule has 118 valence electrons. The lowest BCUT2D eigenvalue weighted by atomic mass is 9.89. The van der Waals surface area contributed by atoms with Crippen LogP contribution >= 0.6 is 0 Å². The van der Waals surface area contributed by atoms with E-state index in [1.54, 1.807) is 19.4 Å². The molecule has 0 saturated heterocycles. The van der Waals surface area contributed by atoms with E-state index in [1.165, 1.54) is 5.56 Å². The zero-order chi connectivity index (χ0) is 16.2. The van der Waals surface area contributed by atoms with Gasteiger partial charge in [-0.2, -0.15) is 0 Å². The van der Waals surface area contributed by atoms with Crippen LogP contribution in [0.25, 0.3) is 11.0 Å². The molecule has 0 bridgehead atoms. The molecule has 1 atom stereocenters. The van der Waals surface area contributed by atoms with Gasteiger partial charge in [-0.25, -0.2) is 0 Å². The van der Waals surface area contributed by atoms with Crippen LogP contribution in [-0.4, -0.2) is 12.9 Å². The van der Waals surface area contributed by atoms with Gasteiger partial charge in [-0.05, 0) is 36.1 Å². The van der Waals surface area contributed by atoms with Crippen molar-refractivity contribution in [3.63, 3.8) is 0 Å². The third-order valence-corrected chi connectivity index (χ3v) is 4.29. The van der Waals surface area contributed by atoms with E-state index in [9.17, 15) is 4.79 Å². The highest BCUT2D eigenvalue weighted by Crippen LogP contribution is 2.33. The Kier molecular flexibility index (Phi) is 4.47. The molecule has 0 saturated carbocycles. The SMILES string of the molecule is CCC(CC(=O)c1ccc2occc2c1OC)c1ccccc1. The molecule has 0 aliphatic rings. The highest BCUT2D eigenvalue weighted by atomic mass is 16.5. The van der Waals surface area contributed by atoms with Crippen LogP contribution in [0, 0.1) is 0 Å². The second kappa shape index (κ2) is 6.69. The van der Waals surface area contributed by atoms with Crippen LogP contribution in [0.1, 0.15) is 41.6 Å². The molecule has 3 heteroatoms. The molecule has 1 heterocycles. The third kappa shape index (κ3) is 3.00. The third-order valence-electron chi connectivity index (χ3n) is 4.29. The molecule has 3 nitrogen and oxygen atoms in total. The number of rotatable bonds is 6. The van der Waals surface area contributed by atoms with Gasteiger partial charge in [-0.15, -0.1) is 0 Å². The summed E-state index contributed by atoms with van der Waals surface area (Å²) in [5, 5.41) is 0.839. The normalized spacial score (nSPS) is 12.3. The summed E-state index contributed by atoms with van der Waals surface area (Å²) in [5.74, 6) is 0.915. The Morgan fingerprint density at radius 3 is 2.61 bits per heavy atom. The molecule has 0 aliphatic carbocycles. The Hall–Kier alpha value is -2.55. The molecule has 0 radical (unpaired) electrons. The highest BCUT2D eigenvalue weighted by molar-refractivity contribution is 6.04. The van der Waals surface area contributed by atoms with Crippen LogP contribution in [0.3, 0.4) is 0 Å². The maximum Gasteiger partial charge on any atom is 0.167 e. The number of ether oxygens (including phenoxy) is 1. The summed E-state index contributed by atoms with van der Waals surface area (Å²) in [4.78, 5) is 12.8. The van der Waals surface area contributed by atoms with Crippen LogP contribution < -0.4 is 4.74 Å². The molecule has 3 rings (SSSR count). The number of hydrogen-bond acceptors (Lipinski definition) is 3. The summed E-state index contributed by atoms with van der Waals surface area (Å²) in [6, 6.07) is 15.6. The second-order valence-corrected chi connectivity index (χ2v) is 5.62. The average Bonchev–Trinajstić information content (AvgIpc) is 3.08. The smallest absolute Gasteiger partial charge is 0.167 e. The second-order valence-electron chi connectivity index (χ2n) is 5.62. The topological polar surface area (TPSA) is 39.4 Å². The van der Waals surface area contributed by atoms with E-state index in [0.29, 0.717) is 17.7 Å². The minimum Gasteiger partial charge on any atom is -0.495 e. The zero-order valence-corrected chi connectivity index (χ0v) is 13.4. The quantitative estimate of drug-likeness (QED) is 0.587. The molecule has 2 aromatic carbocycles. The standard InChI is InChI=1S/C20H20O3/c1-3-14(15-7-5-4-6-8-15)13-18(21)16-9-10-19-17(11-12-23-19)20(16)22-2/h4-12,14H,3,13H2,1-2H3. The van der Waals surface area contributed by atoms with Gasteiger partial charge in [0.25, 0.3) is 0 Å². The minimum absolute atomic E-state index is 0.0978. The van der Waals surface area contributed by atoms with Crippen molar-refractivity contribution in [2.45, 2.75) is 25.7 Å². The minimum atomic E-state index is 0.0978. The van der Waals surface area contributed by atoms with E-state index in [1.807, 2.05) is 30.3 Å². The van der Waals surface area contributed by atoms with Gasteiger partial charge in [0, 0.05) is 6.42 Å². The van der Waals surface area contributed by atoms with Gasteiger partial charge in [0.2, 0.25) is 0 Å². The molecule has 0 N–H and O–H groups in total. The predicted molar refractivity (Wildman–Crippen MR) is 91.2 cm³/mol. The van der Waals surface area contributed by atoms with Crippen molar-refractivity contribution in [2.75, 3.05) is 7.11 Å². The lowest BCUT2D eigenvalue weighted by Crippen LogP contribution is -2.08. The van der Waals surface area contributed by atoms with Crippen molar-refractivity contribution in [3.05, 3.63) is 65.9 Å². The number of carbonyl (C=O) groups excluding carboxylic acids is 1. The van der Waals surface area contributed by atoms with E-state index < -0.39 is 0 Å². The van der Waals surface area contributed by atoms with E-state index in [4.69, 9.17) is 9.15 Å². The molecule has 0 amide bonds. The van der Waals surface area contributed by atoms with Gasteiger partial charge in [-0.3, -0.25) is 4.79 Å². The fourth-order valence-electron chi connectivity index (χ4n) is 3.01. The summed E-state index contributed by atoms with van der Waals surface area (Å²) in [6.07, 6.45) is 3.01. The maximum atomic E-state index is 12.8. The van der Waals surface area contributed by atoms with Crippen molar-refractivity contribution >= 4 is 16.8 Å². The first kappa shape index (κ1) is 15.3.